The summed E-state index contributed by atoms with van der Waals surface area (Å²) in [6.45, 7) is 3.16. The van der Waals surface area contributed by atoms with Crippen LogP contribution in [0.5, 0.6) is 11.5 Å². The number of amides is 1. The second-order valence-electron chi connectivity index (χ2n) is 7.85. The minimum absolute atomic E-state index is 0.0525. The van der Waals surface area contributed by atoms with Crippen LogP contribution in [0.25, 0.3) is 5.76 Å². The molecular formula is C24H25FN2O6. The molecule has 0 aromatic heterocycles. The number of rotatable bonds is 6. The molecule has 2 fully saturated rings. The van der Waals surface area contributed by atoms with Crippen LogP contribution in [0.1, 0.15) is 17.2 Å². The molecule has 8 nitrogen and oxygen atoms in total. The van der Waals surface area contributed by atoms with Crippen molar-refractivity contribution < 1.29 is 33.7 Å². The zero-order valence-corrected chi connectivity index (χ0v) is 18.2. The lowest BCUT2D eigenvalue weighted by Crippen LogP contribution is -2.42. The van der Waals surface area contributed by atoms with E-state index in [1.807, 2.05) is 0 Å². The zero-order valence-electron chi connectivity index (χ0n) is 18.2. The zero-order chi connectivity index (χ0) is 23.5. The van der Waals surface area contributed by atoms with E-state index in [0.29, 0.717) is 38.6 Å². The summed E-state index contributed by atoms with van der Waals surface area (Å²) in [5, 5.41) is 21.4. The van der Waals surface area contributed by atoms with Crippen molar-refractivity contribution in [3.05, 3.63) is 65.0 Å². The Balaban J connectivity index is 1.77. The summed E-state index contributed by atoms with van der Waals surface area (Å²) in [7, 11) is 1.42. The van der Waals surface area contributed by atoms with Crippen LogP contribution in [0, 0.1) is 5.82 Å². The van der Waals surface area contributed by atoms with E-state index in [-0.39, 0.29) is 29.0 Å². The van der Waals surface area contributed by atoms with Crippen LogP contribution in [0.4, 0.5) is 4.39 Å². The maximum absolute atomic E-state index is 14.8. The van der Waals surface area contributed by atoms with E-state index in [1.54, 1.807) is 6.07 Å². The molecule has 1 atom stereocenters. The number of ether oxygens (including phenoxy) is 2. The first-order valence-electron chi connectivity index (χ1n) is 10.6. The molecule has 0 radical (unpaired) electrons. The second-order valence-corrected chi connectivity index (χ2v) is 7.85. The average molecular weight is 456 g/mol. The number of benzene rings is 2. The van der Waals surface area contributed by atoms with Crippen molar-refractivity contribution in [2.75, 3.05) is 46.5 Å². The van der Waals surface area contributed by atoms with Crippen LogP contribution < -0.4 is 4.74 Å². The number of aliphatic hydroxyl groups is 1. The fourth-order valence-corrected chi connectivity index (χ4v) is 4.19. The minimum atomic E-state index is -1.13. The third-order valence-corrected chi connectivity index (χ3v) is 5.96. The van der Waals surface area contributed by atoms with Gasteiger partial charge in [0.2, 0.25) is 0 Å². The normalized spacial score (nSPS) is 20.9. The van der Waals surface area contributed by atoms with E-state index in [1.165, 1.54) is 48.4 Å². The highest BCUT2D eigenvalue weighted by atomic mass is 19.1. The lowest BCUT2D eigenvalue weighted by atomic mass is 9.94. The number of Topliss-reactive ketones (excluding diaryl/α,β-unsaturated/α-hetero) is 1. The number of phenolic OH excluding ortho intramolecular Hbond substituents is 1. The first kappa shape index (κ1) is 22.8. The number of likely N-dealkylation sites (tertiary alicyclic amines) is 1. The Bertz CT molecular complexity index is 1100. The van der Waals surface area contributed by atoms with E-state index in [2.05, 4.69) is 4.90 Å². The summed E-state index contributed by atoms with van der Waals surface area (Å²) < 4.78 is 25.2. The molecule has 0 bridgehead atoms. The molecule has 0 aliphatic carbocycles. The van der Waals surface area contributed by atoms with Gasteiger partial charge in [-0.2, -0.15) is 0 Å². The monoisotopic (exact) mass is 456 g/mol. The van der Waals surface area contributed by atoms with Crippen molar-refractivity contribution >= 4 is 17.4 Å². The van der Waals surface area contributed by atoms with Crippen LogP contribution in [-0.2, 0) is 14.3 Å². The van der Waals surface area contributed by atoms with Crippen molar-refractivity contribution in [3.8, 4) is 11.5 Å². The van der Waals surface area contributed by atoms with Gasteiger partial charge < -0.3 is 24.6 Å². The SMILES string of the molecule is COc1ccc(C(O)=C2C(=O)C(=O)N(CCN3CCOCC3)C2c2ccccc2F)c(O)c1. The first-order valence-corrected chi connectivity index (χ1v) is 10.6. The van der Waals surface area contributed by atoms with Gasteiger partial charge in [-0.05, 0) is 18.2 Å². The number of phenols is 1. The van der Waals surface area contributed by atoms with Crippen LogP contribution in [0.2, 0.25) is 0 Å². The van der Waals surface area contributed by atoms with E-state index in [4.69, 9.17) is 9.47 Å². The summed E-state index contributed by atoms with van der Waals surface area (Å²) in [5.74, 6) is -2.93. The van der Waals surface area contributed by atoms with Crippen LogP contribution in [0.3, 0.4) is 0 Å². The summed E-state index contributed by atoms with van der Waals surface area (Å²) in [5.41, 5.74) is -0.232. The number of aromatic hydroxyl groups is 1. The molecule has 0 saturated carbocycles. The molecule has 2 aromatic carbocycles. The number of hydrogen-bond acceptors (Lipinski definition) is 7. The highest BCUT2D eigenvalue weighted by Gasteiger charge is 2.47. The van der Waals surface area contributed by atoms with Gasteiger partial charge in [0, 0.05) is 37.8 Å². The second kappa shape index (κ2) is 9.60. The number of carbonyl (C=O) groups is 2. The Morgan fingerprint density at radius 2 is 1.88 bits per heavy atom. The molecule has 2 N–H and O–H groups in total. The maximum Gasteiger partial charge on any atom is 0.295 e. The van der Waals surface area contributed by atoms with Crippen LogP contribution in [-0.4, -0.2) is 78.2 Å². The van der Waals surface area contributed by atoms with E-state index >= 15 is 0 Å². The molecule has 0 spiro atoms. The number of halogens is 1. The molecule has 2 aliphatic rings. The molecule has 33 heavy (non-hydrogen) atoms. The number of methoxy groups -OCH3 is 1. The number of morpholine rings is 1. The largest absolute Gasteiger partial charge is 0.507 e. The molecule has 1 amide bonds. The quantitative estimate of drug-likeness (QED) is 0.391. The summed E-state index contributed by atoms with van der Waals surface area (Å²) in [6.07, 6.45) is 0. The standard InChI is InChI=1S/C24H25FN2O6/c1-32-15-6-7-17(19(28)14-15)22(29)20-21(16-4-2-3-5-18(16)25)27(24(31)23(20)30)9-8-26-10-12-33-13-11-26/h2-7,14,21,28-29H,8-13H2,1H3. The number of ketones is 1. The summed E-state index contributed by atoms with van der Waals surface area (Å²) in [4.78, 5) is 29.4. The van der Waals surface area contributed by atoms with Gasteiger partial charge in [-0.15, -0.1) is 0 Å². The minimum Gasteiger partial charge on any atom is -0.507 e. The number of hydrogen-bond donors (Lipinski definition) is 2. The molecule has 9 heteroatoms. The van der Waals surface area contributed by atoms with Gasteiger partial charge in [0.1, 0.15) is 23.1 Å². The molecule has 2 saturated heterocycles. The average Bonchev–Trinajstić information content (AvgIpc) is 3.08. The predicted octanol–water partition coefficient (Wildman–Crippen LogP) is 2.29. The Hall–Kier alpha value is -3.43. The van der Waals surface area contributed by atoms with Gasteiger partial charge >= 0.3 is 0 Å². The Labute approximate surface area is 190 Å². The van der Waals surface area contributed by atoms with E-state index in [9.17, 15) is 24.2 Å². The molecule has 2 aromatic rings. The van der Waals surface area contributed by atoms with Crippen molar-refractivity contribution in [2.45, 2.75) is 6.04 Å². The predicted molar refractivity (Wildman–Crippen MR) is 117 cm³/mol. The number of nitrogens with zero attached hydrogens (tertiary/aromatic N) is 2. The van der Waals surface area contributed by atoms with Crippen molar-refractivity contribution in [3.63, 3.8) is 0 Å². The smallest absolute Gasteiger partial charge is 0.295 e. The highest BCUT2D eigenvalue weighted by molar-refractivity contribution is 6.46. The van der Waals surface area contributed by atoms with Crippen molar-refractivity contribution in [2.24, 2.45) is 0 Å². The Kier molecular flexibility index (Phi) is 6.62. The van der Waals surface area contributed by atoms with Crippen LogP contribution in [0.15, 0.2) is 48.0 Å². The van der Waals surface area contributed by atoms with Gasteiger partial charge in [0.05, 0.1) is 37.5 Å². The molecule has 4 rings (SSSR count). The lowest BCUT2D eigenvalue weighted by molar-refractivity contribution is -0.140. The molecular weight excluding hydrogens is 431 g/mol. The lowest BCUT2D eigenvalue weighted by Gasteiger charge is -2.31. The fraction of sp³-hybridized carbons (Fsp3) is 0.333. The fourth-order valence-electron chi connectivity index (χ4n) is 4.19. The van der Waals surface area contributed by atoms with E-state index in [0.717, 1.165) is 0 Å². The van der Waals surface area contributed by atoms with Crippen molar-refractivity contribution in [1.29, 1.82) is 0 Å². The topological polar surface area (TPSA) is 99.5 Å². The number of aliphatic hydroxyl groups excluding tert-OH is 1. The molecule has 1 unspecified atom stereocenters. The van der Waals surface area contributed by atoms with Crippen LogP contribution >= 0.6 is 0 Å². The van der Waals surface area contributed by atoms with Gasteiger partial charge in [0.25, 0.3) is 11.7 Å². The van der Waals surface area contributed by atoms with Gasteiger partial charge in [-0.3, -0.25) is 14.5 Å². The third kappa shape index (κ3) is 4.42. The first-order chi connectivity index (χ1) is 15.9. The third-order valence-electron chi connectivity index (χ3n) is 5.96. The number of carbonyl (C=O) groups excluding carboxylic acids is 2. The van der Waals surface area contributed by atoms with Gasteiger partial charge in [0.15, 0.2) is 0 Å². The Morgan fingerprint density at radius 1 is 1.15 bits per heavy atom. The summed E-state index contributed by atoms with van der Waals surface area (Å²) in [6, 6.07) is 8.86. The van der Waals surface area contributed by atoms with Gasteiger partial charge in [-0.1, -0.05) is 18.2 Å². The van der Waals surface area contributed by atoms with E-state index < -0.39 is 29.3 Å². The molecule has 2 aliphatic heterocycles. The molecule has 174 valence electrons. The maximum atomic E-state index is 14.8. The Morgan fingerprint density at radius 3 is 2.55 bits per heavy atom. The highest BCUT2D eigenvalue weighted by Crippen LogP contribution is 2.41. The summed E-state index contributed by atoms with van der Waals surface area (Å²) >= 11 is 0. The van der Waals surface area contributed by atoms with Gasteiger partial charge in [-0.25, -0.2) is 4.39 Å². The van der Waals surface area contributed by atoms with Crippen molar-refractivity contribution in [1.82, 2.24) is 9.80 Å². The molecule has 2 heterocycles.